The van der Waals surface area contributed by atoms with Gasteiger partial charge in [0, 0.05) is 31.1 Å². The van der Waals surface area contributed by atoms with E-state index in [1.165, 1.54) is 24.4 Å². The molecule has 0 saturated carbocycles. The molecule has 7 nitrogen and oxygen atoms in total. The van der Waals surface area contributed by atoms with Crippen LogP contribution < -0.4 is 21.3 Å². The number of fused-ring (bicyclic) bond motifs is 1. The van der Waals surface area contributed by atoms with Crippen molar-refractivity contribution in [2.45, 2.75) is 0 Å². The number of aryl methyl sites for hydroxylation is 1. The SMILES string of the molecule is [B]c1ccc(Nc2nc3cc(Oc4ccnc(C(N)=O)c4)ccc3n2C)cc1F. The Balaban J connectivity index is 1.62. The minimum Gasteiger partial charge on any atom is -0.457 e. The van der Waals surface area contributed by atoms with Gasteiger partial charge in [-0.3, -0.25) is 9.78 Å². The van der Waals surface area contributed by atoms with Crippen molar-refractivity contribution in [3.8, 4) is 11.5 Å². The molecule has 2 aromatic heterocycles. The third-order valence-electron chi connectivity index (χ3n) is 4.33. The monoisotopic (exact) mass is 387 g/mol. The molecule has 0 fully saturated rings. The van der Waals surface area contributed by atoms with Crippen LogP contribution in [0.15, 0.2) is 54.7 Å². The van der Waals surface area contributed by atoms with Crippen LogP contribution in [-0.4, -0.2) is 28.3 Å². The molecule has 4 aromatic rings. The van der Waals surface area contributed by atoms with Crippen LogP contribution in [0.25, 0.3) is 11.0 Å². The fraction of sp³-hybridized carbons (Fsp3) is 0.0500. The van der Waals surface area contributed by atoms with Gasteiger partial charge in [0.2, 0.25) is 5.95 Å². The molecule has 0 saturated heterocycles. The Bertz CT molecular complexity index is 1240. The molecule has 3 N–H and O–H groups in total. The topological polar surface area (TPSA) is 95.1 Å². The highest BCUT2D eigenvalue weighted by molar-refractivity contribution is 6.32. The van der Waals surface area contributed by atoms with Crippen LogP contribution in [0.1, 0.15) is 10.5 Å². The molecule has 4 rings (SSSR count). The second kappa shape index (κ2) is 7.27. The normalized spacial score (nSPS) is 10.8. The van der Waals surface area contributed by atoms with E-state index < -0.39 is 11.7 Å². The maximum Gasteiger partial charge on any atom is 0.267 e. The Hall–Kier alpha value is -3.88. The van der Waals surface area contributed by atoms with Gasteiger partial charge in [0.25, 0.3) is 5.91 Å². The number of halogens is 1. The van der Waals surface area contributed by atoms with E-state index in [1.54, 1.807) is 24.3 Å². The zero-order chi connectivity index (χ0) is 20.5. The lowest BCUT2D eigenvalue weighted by Crippen LogP contribution is -2.12. The molecular weight excluding hydrogens is 372 g/mol. The summed E-state index contributed by atoms with van der Waals surface area (Å²) in [6.45, 7) is 0. The molecule has 2 aromatic carbocycles. The highest BCUT2D eigenvalue weighted by Gasteiger charge is 2.11. The van der Waals surface area contributed by atoms with Gasteiger partial charge in [-0.25, -0.2) is 9.37 Å². The molecule has 0 unspecified atom stereocenters. The molecule has 0 spiro atoms. The number of benzene rings is 2. The van der Waals surface area contributed by atoms with Gasteiger partial charge in [-0.1, -0.05) is 11.5 Å². The number of pyridine rings is 1. The first kappa shape index (κ1) is 18.5. The summed E-state index contributed by atoms with van der Waals surface area (Å²) in [4.78, 5) is 19.7. The van der Waals surface area contributed by atoms with Crippen molar-refractivity contribution >= 4 is 41.9 Å². The minimum absolute atomic E-state index is 0.0814. The summed E-state index contributed by atoms with van der Waals surface area (Å²) < 4.78 is 21.3. The molecule has 0 aliphatic carbocycles. The first-order chi connectivity index (χ1) is 13.9. The number of nitrogens with one attached hydrogen (secondary N) is 1. The van der Waals surface area contributed by atoms with Crippen molar-refractivity contribution in [2.24, 2.45) is 12.8 Å². The Labute approximate surface area is 166 Å². The van der Waals surface area contributed by atoms with E-state index in [0.29, 0.717) is 28.7 Å². The summed E-state index contributed by atoms with van der Waals surface area (Å²) in [6, 6.07) is 12.9. The van der Waals surface area contributed by atoms with Crippen molar-refractivity contribution < 1.29 is 13.9 Å². The third-order valence-corrected chi connectivity index (χ3v) is 4.33. The number of rotatable bonds is 5. The Kier molecular flexibility index (Phi) is 4.63. The molecule has 1 amide bonds. The fourth-order valence-corrected chi connectivity index (χ4v) is 2.83. The molecule has 142 valence electrons. The van der Waals surface area contributed by atoms with Gasteiger partial charge < -0.3 is 20.4 Å². The Morgan fingerprint density at radius 1 is 1.17 bits per heavy atom. The summed E-state index contributed by atoms with van der Waals surface area (Å²) in [7, 11) is 7.35. The number of aromatic nitrogens is 3. The molecule has 0 bridgehead atoms. The van der Waals surface area contributed by atoms with E-state index in [4.69, 9.17) is 18.3 Å². The summed E-state index contributed by atoms with van der Waals surface area (Å²) in [5, 5.41) is 3.07. The number of hydrogen-bond acceptors (Lipinski definition) is 5. The van der Waals surface area contributed by atoms with Crippen molar-refractivity contribution in [2.75, 3.05) is 5.32 Å². The first-order valence-corrected chi connectivity index (χ1v) is 8.63. The van der Waals surface area contributed by atoms with Crippen LogP contribution in [0.3, 0.4) is 0 Å². The van der Waals surface area contributed by atoms with E-state index in [2.05, 4.69) is 15.3 Å². The van der Waals surface area contributed by atoms with Crippen molar-refractivity contribution in [3.63, 3.8) is 0 Å². The molecule has 29 heavy (non-hydrogen) atoms. The van der Waals surface area contributed by atoms with E-state index >= 15 is 0 Å². The van der Waals surface area contributed by atoms with Crippen molar-refractivity contribution in [1.82, 2.24) is 14.5 Å². The number of imidazole rings is 1. The summed E-state index contributed by atoms with van der Waals surface area (Å²) >= 11 is 0. The number of amides is 1. The number of carbonyl (C=O) groups is 1. The van der Waals surface area contributed by atoms with Crippen LogP contribution >= 0.6 is 0 Å². The number of anilines is 2. The van der Waals surface area contributed by atoms with Gasteiger partial charge in [0.15, 0.2) is 0 Å². The molecule has 2 radical (unpaired) electrons. The van der Waals surface area contributed by atoms with E-state index in [0.717, 1.165) is 5.52 Å². The zero-order valence-electron chi connectivity index (χ0n) is 15.4. The van der Waals surface area contributed by atoms with Crippen molar-refractivity contribution in [1.29, 1.82) is 0 Å². The third kappa shape index (κ3) is 3.75. The Morgan fingerprint density at radius 3 is 2.72 bits per heavy atom. The number of hydrogen-bond donors (Lipinski definition) is 2. The van der Waals surface area contributed by atoms with Crippen LogP contribution in [-0.2, 0) is 7.05 Å². The lowest BCUT2D eigenvalue weighted by atomic mass is 9.95. The zero-order valence-corrected chi connectivity index (χ0v) is 15.4. The summed E-state index contributed by atoms with van der Waals surface area (Å²) in [5.41, 5.74) is 7.49. The largest absolute Gasteiger partial charge is 0.457 e. The number of ether oxygens (including phenoxy) is 1. The van der Waals surface area contributed by atoms with Crippen LogP contribution in [0.4, 0.5) is 16.0 Å². The lowest BCUT2D eigenvalue weighted by molar-refractivity contribution is 0.0995. The molecule has 0 aliphatic heterocycles. The number of carbonyl (C=O) groups excluding carboxylic acids is 1. The van der Waals surface area contributed by atoms with Gasteiger partial charge in [-0.05, 0) is 30.3 Å². The smallest absolute Gasteiger partial charge is 0.267 e. The maximum absolute atomic E-state index is 13.7. The quantitative estimate of drug-likeness (QED) is 0.514. The van der Waals surface area contributed by atoms with Crippen LogP contribution in [0.5, 0.6) is 11.5 Å². The predicted molar refractivity (Wildman–Crippen MR) is 109 cm³/mol. The first-order valence-electron chi connectivity index (χ1n) is 8.63. The molecule has 0 aliphatic rings. The van der Waals surface area contributed by atoms with Crippen LogP contribution in [0.2, 0.25) is 0 Å². The number of primary amides is 1. The molecule has 0 atom stereocenters. The predicted octanol–water partition coefficient (Wildman–Crippen LogP) is 2.54. The van der Waals surface area contributed by atoms with Gasteiger partial charge in [-0.2, -0.15) is 0 Å². The van der Waals surface area contributed by atoms with Gasteiger partial charge in [-0.15, -0.1) is 0 Å². The van der Waals surface area contributed by atoms with Gasteiger partial charge >= 0.3 is 0 Å². The fourth-order valence-electron chi connectivity index (χ4n) is 2.83. The molecular formula is C20H15BFN5O2. The van der Waals surface area contributed by atoms with E-state index in [-0.39, 0.29) is 11.2 Å². The lowest BCUT2D eigenvalue weighted by Gasteiger charge is -2.07. The van der Waals surface area contributed by atoms with E-state index in [1.807, 2.05) is 17.7 Å². The summed E-state index contributed by atoms with van der Waals surface area (Å²) in [6.07, 6.45) is 1.45. The summed E-state index contributed by atoms with van der Waals surface area (Å²) in [5.74, 6) is 0.353. The highest BCUT2D eigenvalue weighted by atomic mass is 19.1. The average Bonchev–Trinajstić information content (AvgIpc) is 3.00. The maximum atomic E-state index is 13.7. The number of nitrogens with two attached hydrogens (primary N) is 1. The Morgan fingerprint density at radius 2 is 1.97 bits per heavy atom. The van der Waals surface area contributed by atoms with Gasteiger partial charge in [0.05, 0.1) is 11.0 Å². The van der Waals surface area contributed by atoms with Gasteiger partial charge in [0.1, 0.15) is 30.9 Å². The average molecular weight is 387 g/mol. The van der Waals surface area contributed by atoms with Crippen LogP contribution in [0, 0.1) is 5.82 Å². The van der Waals surface area contributed by atoms with Crippen molar-refractivity contribution in [3.05, 3.63) is 66.2 Å². The standard InChI is InChI=1S/C20H15BFN5O2/c1-27-18-5-3-12(29-13-6-7-24-17(10-13)19(23)28)9-16(18)26-20(27)25-11-2-4-14(21)15(22)8-11/h2-10H,1H3,(H2,23,28)(H,25,26). The molecule has 2 heterocycles. The van der Waals surface area contributed by atoms with E-state index in [9.17, 15) is 9.18 Å². The second-order valence-corrected chi connectivity index (χ2v) is 6.35. The number of nitrogens with zero attached hydrogens (tertiary/aromatic N) is 3. The second-order valence-electron chi connectivity index (χ2n) is 6.35. The molecule has 9 heteroatoms. The minimum atomic E-state index is -0.634. The highest BCUT2D eigenvalue weighted by Crippen LogP contribution is 2.28.